The summed E-state index contributed by atoms with van der Waals surface area (Å²) < 4.78 is 59.1. The number of aliphatic carboxylic acids is 1. The molecule has 0 aromatic heterocycles. The molecule has 8 heteroatoms. The first kappa shape index (κ1) is 18.5. The predicted molar refractivity (Wildman–Crippen MR) is 72.9 cm³/mol. The van der Waals surface area contributed by atoms with E-state index in [0.29, 0.717) is 6.07 Å². The van der Waals surface area contributed by atoms with E-state index in [4.69, 9.17) is 21.4 Å². The van der Waals surface area contributed by atoms with Gasteiger partial charge in [0.05, 0.1) is 10.6 Å². The van der Waals surface area contributed by atoms with E-state index in [0.717, 1.165) is 6.07 Å². The molecular weight excluding hydrogens is 328 g/mol. The van der Waals surface area contributed by atoms with Crippen molar-refractivity contribution in [1.82, 2.24) is 0 Å². The fourth-order valence-electron chi connectivity index (χ4n) is 1.73. The van der Waals surface area contributed by atoms with Gasteiger partial charge in [-0.2, -0.15) is 0 Å². The van der Waals surface area contributed by atoms with Crippen molar-refractivity contribution >= 4 is 17.6 Å². The first-order valence-electron chi connectivity index (χ1n) is 6.53. The van der Waals surface area contributed by atoms with Gasteiger partial charge in [0.1, 0.15) is 24.3 Å². The average molecular weight is 343 g/mol. The van der Waals surface area contributed by atoms with Crippen LogP contribution in [0.25, 0.3) is 0 Å². The molecule has 0 heterocycles. The molecule has 22 heavy (non-hydrogen) atoms. The number of carbonyl (C=O) groups is 1. The smallest absolute Gasteiger partial charge is 0.303 e. The van der Waals surface area contributed by atoms with Crippen molar-refractivity contribution in [2.75, 3.05) is 6.67 Å². The summed E-state index contributed by atoms with van der Waals surface area (Å²) in [5.41, 5.74) is -0.657. The molecule has 0 aliphatic rings. The Bertz CT molecular complexity index is 537. The number of hydrogen-bond acceptors (Lipinski definition) is 2. The standard InChI is InChI=1S/C14H15ClF4O3/c1-2-14(18,19)9-5-10(15)11(17)6-12(9)22-8(7-16)3-4-13(20)21/h5-6,8H,2-4,7H2,1H3,(H,20,21)/t8-/m1/s1. The van der Waals surface area contributed by atoms with Gasteiger partial charge in [0.15, 0.2) is 0 Å². The van der Waals surface area contributed by atoms with Gasteiger partial charge in [-0.15, -0.1) is 0 Å². The molecule has 0 saturated carbocycles. The molecule has 1 rings (SSSR count). The Labute approximate surface area is 129 Å². The summed E-state index contributed by atoms with van der Waals surface area (Å²) in [4.78, 5) is 10.5. The van der Waals surface area contributed by atoms with Crippen molar-refractivity contribution in [3.05, 3.63) is 28.5 Å². The normalized spacial score (nSPS) is 13.0. The van der Waals surface area contributed by atoms with E-state index in [-0.39, 0.29) is 6.42 Å². The quantitative estimate of drug-likeness (QED) is 0.704. The third kappa shape index (κ3) is 4.76. The minimum Gasteiger partial charge on any atom is -0.487 e. The Kier molecular flexibility index (Phi) is 6.47. The monoisotopic (exact) mass is 342 g/mol. The number of ether oxygens (including phenoxy) is 1. The van der Waals surface area contributed by atoms with E-state index in [2.05, 4.69) is 0 Å². The Hall–Kier alpha value is -1.50. The largest absolute Gasteiger partial charge is 0.487 e. The lowest BCUT2D eigenvalue weighted by Crippen LogP contribution is -2.23. The van der Waals surface area contributed by atoms with E-state index in [9.17, 15) is 22.4 Å². The Balaban J connectivity index is 3.10. The third-order valence-corrected chi connectivity index (χ3v) is 3.30. The van der Waals surface area contributed by atoms with E-state index in [1.807, 2.05) is 0 Å². The zero-order chi connectivity index (χ0) is 16.9. The van der Waals surface area contributed by atoms with Gasteiger partial charge in [-0.05, 0) is 12.5 Å². The van der Waals surface area contributed by atoms with Gasteiger partial charge < -0.3 is 9.84 Å². The summed E-state index contributed by atoms with van der Waals surface area (Å²) in [6, 6.07) is 1.40. The molecular formula is C14H15ClF4O3. The molecule has 0 aliphatic heterocycles. The molecule has 3 nitrogen and oxygen atoms in total. The maximum absolute atomic E-state index is 13.9. The second kappa shape index (κ2) is 7.67. The van der Waals surface area contributed by atoms with E-state index in [1.165, 1.54) is 6.92 Å². The highest BCUT2D eigenvalue weighted by Crippen LogP contribution is 2.40. The molecule has 0 amide bonds. The van der Waals surface area contributed by atoms with Crippen LogP contribution in [0.4, 0.5) is 17.6 Å². The van der Waals surface area contributed by atoms with Crippen LogP contribution in [0.2, 0.25) is 5.02 Å². The second-order valence-electron chi connectivity index (χ2n) is 4.65. The minimum atomic E-state index is -3.33. The topological polar surface area (TPSA) is 46.5 Å². The Morgan fingerprint density at radius 3 is 2.59 bits per heavy atom. The van der Waals surface area contributed by atoms with Crippen molar-refractivity contribution in [2.45, 2.75) is 38.2 Å². The molecule has 0 bridgehead atoms. The SMILES string of the molecule is CCC(F)(F)c1cc(Cl)c(F)cc1O[C@@H](CF)CCC(=O)O. The van der Waals surface area contributed by atoms with Crippen molar-refractivity contribution in [2.24, 2.45) is 0 Å². The summed E-state index contributed by atoms with van der Waals surface area (Å²) in [7, 11) is 0. The highest BCUT2D eigenvalue weighted by atomic mass is 35.5. The lowest BCUT2D eigenvalue weighted by atomic mass is 10.0. The van der Waals surface area contributed by atoms with Crippen LogP contribution in [0.15, 0.2) is 12.1 Å². The van der Waals surface area contributed by atoms with Crippen LogP contribution in [0.3, 0.4) is 0 Å². The number of alkyl halides is 3. The van der Waals surface area contributed by atoms with Crippen LogP contribution in [0, 0.1) is 5.82 Å². The maximum Gasteiger partial charge on any atom is 0.303 e. The van der Waals surface area contributed by atoms with Gasteiger partial charge in [0, 0.05) is 18.9 Å². The van der Waals surface area contributed by atoms with Crippen LogP contribution in [-0.4, -0.2) is 23.9 Å². The van der Waals surface area contributed by atoms with Crippen LogP contribution in [-0.2, 0) is 10.7 Å². The highest BCUT2D eigenvalue weighted by Gasteiger charge is 2.34. The molecule has 124 valence electrons. The Morgan fingerprint density at radius 1 is 1.45 bits per heavy atom. The lowest BCUT2D eigenvalue weighted by molar-refractivity contribution is -0.137. The van der Waals surface area contributed by atoms with Gasteiger partial charge in [-0.3, -0.25) is 4.79 Å². The summed E-state index contributed by atoms with van der Waals surface area (Å²) in [5.74, 6) is -6.03. The molecule has 0 fully saturated rings. The zero-order valence-electron chi connectivity index (χ0n) is 11.7. The highest BCUT2D eigenvalue weighted by molar-refractivity contribution is 6.30. The molecule has 0 unspecified atom stereocenters. The average Bonchev–Trinajstić information content (AvgIpc) is 2.46. The first-order valence-corrected chi connectivity index (χ1v) is 6.90. The molecule has 1 aromatic rings. The van der Waals surface area contributed by atoms with Crippen LogP contribution in [0.1, 0.15) is 31.7 Å². The molecule has 0 radical (unpaired) electrons. The van der Waals surface area contributed by atoms with Gasteiger partial charge >= 0.3 is 5.97 Å². The molecule has 0 spiro atoms. The summed E-state index contributed by atoms with van der Waals surface area (Å²) in [6.07, 6.45) is -2.47. The predicted octanol–water partition coefficient (Wildman–Crippen LogP) is 4.56. The van der Waals surface area contributed by atoms with Crippen LogP contribution >= 0.6 is 11.6 Å². The Morgan fingerprint density at radius 2 is 2.09 bits per heavy atom. The van der Waals surface area contributed by atoms with Gasteiger partial charge in [-0.25, -0.2) is 17.6 Å². The fourth-order valence-corrected chi connectivity index (χ4v) is 1.90. The molecule has 0 saturated heterocycles. The minimum absolute atomic E-state index is 0.229. The number of carboxylic acid groups (broad SMARTS) is 1. The molecule has 1 aromatic carbocycles. The van der Waals surface area contributed by atoms with E-state index in [1.54, 1.807) is 0 Å². The first-order chi connectivity index (χ1) is 10.2. The van der Waals surface area contributed by atoms with E-state index >= 15 is 0 Å². The number of benzene rings is 1. The lowest BCUT2D eigenvalue weighted by Gasteiger charge is -2.22. The summed E-state index contributed by atoms with van der Waals surface area (Å²) >= 11 is 5.51. The number of carboxylic acids is 1. The van der Waals surface area contributed by atoms with Gasteiger partial charge in [-0.1, -0.05) is 18.5 Å². The number of rotatable bonds is 8. The number of hydrogen-bond donors (Lipinski definition) is 1. The summed E-state index contributed by atoms with van der Waals surface area (Å²) in [5, 5.41) is 8.05. The zero-order valence-corrected chi connectivity index (χ0v) is 12.5. The second-order valence-corrected chi connectivity index (χ2v) is 5.05. The van der Waals surface area contributed by atoms with E-state index < -0.39 is 59.7 Å². The van der Waals surface area contributed by atoms with Crippen molar-refractivity contribution in [1.29, 1.82) is 0 Å². The van der Waals surface area contributed by atoms with Crippen LogP contribution < -0.4 is 4.74 Å². The van der Waals surface area contributed by atoms with Gasteiger partial charge in [0.2, 0.25) is 0 Å². The number of halogens is 5. The van der Waals surface area contributed by atoms with Crippen molar-refractivity contribution in [3.63, 3.8) is 0 Å². The fraction of sp³-hybridized carbons (Fsp3) is 0.500. The molecule has 1 N–H and O–H groups in total. The van der Waals surface area contributed by atoms with Crippen molar-refractivity contribution < 1.29 is 32.2 Å². The van der Waals surface area contributed by atoms with Crippen molar-refractivity contribution in [3.8, 4) is 5.75 Å². The molecule has 0 aliphatic carbocycles. The van der Waals surface area contributed by atoms with Crippen LogP contribution in [0.5, 0.6) is 5.75 Å². The maximum atomic E-state index is 13.9. The van der Waals surface area contributed by atoms with Gasteiger partial charge in [0.25, 0.3) is 5.92 Å². The molecule has 1 atom stereocenters. The summed E-state index contributed by atoms with van der Waals surface area (Å²) in [6.45, 7) is 0.132. The third-order valence-electron chi connectivity index (χ3n) is 3.01.